The summed E-state index contributed by atoms with van der Waals surface area (Å²) >= 11 is 0. The third-order valence-corrected chi connectivity index (χ3v) is 8.67. The van der Waals surface area contributed by atoms with Crippen molar-refractivity contribution in [3.63, 3.8) is 0 Å². The highest BCUT2D eigenvalue weighted by Crippen LogP contribution is 2.28. The van der Waals surface area contributed by atoms with Gasteiger partial charge in [0.05, 0.1) is 44.2 Å². The number of fused-ring (bicyclic) bond motifs is 2. The number of unbranched alkanes of at least 4 members (excludes halogenated alkanes) is 1. The summed E-state index contributed by atoms with van der Waals surface area (Å²) in [4.78, 5) is 28.7. The van der Waals surface area contributed by atoms with Gasteiger partial charge in [0.15, 0.2) is 0 Å². The second-order valence-electron chi connectivity index (χ2n) is 12.3. The lowest BCUT2D eigenvalue weighted by Gasteiger charge is -2.23. The lowest BCUT2D eigenvalue weighted by Crippen LogP contribution is -2.31. The molecule has 8 nitrogen and oxygen atoms in total. The minimum atomic E-state index is -0.449. The second-order valence-corrected chi connectivity index (χ2v) is 12.3. The summed E-state index contributed by atoms with van der Waals surface area (Å²) < 4.78 is 27.9. The highest BCUT2D eigenvalue weighted by Gasteiger charge is 2.23. The zero-order valence-corrected chi connectivity index (χ0v) is 27.1. The lowest BCUT2D eigenvalue weighted by atomic mass is 10.1. The Hall–Kier alpha value is -4.92. The van der Waals surface area contributed by atoms with E-state index in [4.69, 9.17) is 23.7 Å². The fourth-order valence-corrected chi connectivity index (χ4v) is 5.65. The van der Waals surface area contributed by atoms with E-state index >= 15 is 0 Å². The summed E-state index contributed by atoms with van der Waals surface area (Å²) in [5.74, 6) is 1.48. The number of carbonyl (C=O) groups excluding carboxylic acids is 2. The molecular formula is C40H39NO7. The lowest BCUT2D eigenvalue weighted by molar-refractivity contribution is 0.0734. The largest absolute Gasteiger partial charge is 0.493 e. The number of ether oxygens (including phenoxy) is 5. The van der Waals surface area contributed by atoms with E-state index in [1.807, 2.05) is 78.9 Å². The normalized spacial score (nSPS) is 16.4. The van der Waals surface area contributed by atoms with Crippen LogP contribution in [-0.4, -0.2) is 57.1 Å². The molecule has 2 heterocycles. The van der Waals surface area contributed by atoms with Crippen LogP contribution in [0.25, 0.3) is 21.5 Å². The molecule has 2 unspecified atom stereocenters. The molecule has 0 spiro atoms. The molecule has 0 saturated carbocycles. The standard InChI is InChI=1S/C40H39NO7/c1-2-3-18-41(39(42)31-6-4-29-23-35(12-8-27(29)21-31)44-19-16-37-25-46-37)33-10-14-34(15-11-33)48-40(43)32-7-5-30-24-36(13-9-28(30)22-32)45-20-17-38-26-47-38/h4-15,21-24,37-38H,2-3,16-20,25-26H2,1H3. The summed E-state index contributed by atoms with van der Waals surface area (Å²) in [6.45, 7) is 5.55. The number of nitrogens with zero attached hydrogens (tertiary/aromatic N) is 1. The second kappa shape index (κ2) is 14.5. The van der Waals surface area contributed by atoms with Crippen molar-refractivity contribution in [3.8, 4) is 17.2 Å². The van der Waals surface area contributed by atoms with Crippen LogP contribution in [0.4, 0.5) is 5.69 Å². The molecule has 2 saturated heterocycles. The number of carbonyl (C=O) groups is 2. The van der Waals surface area contributed by atoms with E-state index in [9.17, 15) is 9.59 Å². The maximum absolute atomic E-state index is 13.8. The van der Waals surface area contributed by atoms with E-state index in [2.05, 4.69) is 6.92 Å². The fourth-order valence-electron chi connectivity index (χ4n) is 5.65. The summed E-state index contributed by atoms with van der Waals surface area (Å²) in [6, 6.07) is 30.1. The Morgan fingerprint density at radius 2 is 1.17 bits per heavy atom. The minimum absolute atomic E-state index is 0.0819. The molecule has 246 valence electrons. The Bertz CT molecular complexity index is 1910. The van der Waals surface area contributed by atoms with E-state index in [0.29, 0.717) is 48.8 Å². The van der Waals surface area contributed by atoms with E-state index in [1.165, 1.54) is 0 Å². The predicted molar refractivity (Wildman–Crippen MR) is 186 cm³/mol. The number of benzene rings is 5. The van der Waals surface area contributed by atoms with Crippen LogP contribution in [0.15, 0.2) is 97.1 Å². The zero-order chi connectivity index (χ0) is 32.9. The van der Waals surface area contributed by atoms with Crippen molar-refractivity contribution in [2.75, 3.05) is 37.9 Å². The molecule has 2 atom stereocenters. The fraction of sp³-hybridized carbons (Fsp3) is 0.300. The van der Waals surface area contributed by atoms with Crippen molar-refractivity contribution in [1.29, 1.82) is 0 Å². The average molecular weight is 646 g/mol. The highest BCUT2D eigenvalue weighted by atomic mass is 16.6. The zero-order valence-electron chi connectivity index (χ0n) is 27.1. The Morgan fingerprint density at radius 3 is 1.73 bits per heavy atom. The van der Waals surface area contributed by atoms with Crippen LogP contribution in [0.1, 0.15) is 53.3 Å². The Morgan fingerprint density at radius 1 is 0.667 bits per heavy atom. The maximum atomic E-state index is 13.8. The molecule has 8 heteroatoms. The summed E-state index contributed by atoms with van der Waals surface area (Å²) in [5, 5.41) is 3.88. The van der Waals surface area contributed by atoms with E-state index < -0.39 is 5.97 Å². The highest BCUT2D eigenvalue weighted by molar-refractivity contribution is 6.08. The van der Waals surface area contributed by atoms with Gasteiger partial charge in [0.1, 0.15) is 17.2 Å². The van der Waals surface area contributed by atoms with Crippen LogP contribution in [0.2, 0.25) is 0 Å². The van der Waals surface area contributed by atoms with Gasteiger partial charge >= 0.3 is 5.97 Å². The Labute approximate surface area is 280 Å². The SMILES string of the molecule is CCCCN(C(=O)c1ccc2cc(OCCC3CO3)ccc2c1)c1ccc(OC(=O)c2ccc3cc(OCCC4CO4)ccc3c2)cc1. The van der Waals surface area contributed by atoms with Gasteiger partial charge in [-0.1, -0.05) is 37.6 Å². The van der Waals surface area contributed by atoms with E-state index in [1.54, 1.807) is 23.1 Å². The molecule has 5 aromatic carbocycles. The van der Waals surface area contributed by atoms with Crippen LogP contribution in [0.5, 0.6) is 17.2 Å². The first-order chi connectivity index (χ1) is 23.5. The number of amides is 1. The van der Waals surface area contributed by atoms with Crippen LogP contribution >= 0.6 is 0 Å². The Balaban J connectivity index is 1.00. The number of esters is 1. The first-order valence-corrected chi connectivity index (χ1v) is 16.7. The van der Waals surface area contributed by atoms with Crippen LogP contribution in [0.3, 0.4) is 0 Å². The predicted octanol–water partition coefficient (Wildman–Crippen LogP) is 7.99. The molecule has 0 N–H and O–H groups in total. The first kappa shape index (κ1) is 31.7. The smallest absolute Gasteiger partial charge is 0.343 e. The van der Waals surface area contributed by atoms with Crippen LogP contribution in [-0.2, 0) is 9.47 Å². The van der Waals surface area contributed by atoms with Crippen molar-refractivity contribution >= 4 is 39.1 Å². The van der Waals surface area contributed by atoms with Crippen molar-refractivity contribution in [1.82, 2.24) is 0 Å². The van der Waals surface area contributed by atoms with Gasteiger partial charge in [-0.2, -0.15) is 0 Å². The first-order valence-electron chi connectivity index (χ1n) is 16.7. The van der Waals surface area contributed by atoms with Crippen molar-refractivity contribution in [2.45, 2.75) is 44.8 Å². The van der Waals surface area contributed by atoms with Crippen LogP contribution < -0.4 is 19.1 Å². The number of anilines is 1. The van der Waals surface area contributed by atoms with Crippen molar-refractivity contribution in [2.24, 2.45) is 0 Å². The van der Waals surface area contributed by atoms with Gasteiger partial charge in [-0.05, 0) is 101 Å². The van der Waals surface area contributed by atoms with E-state index in [-0.39, 0.29) is 5.91 Å². The number of hydrogen-bond donors (Lipinski definition) is 0. The molecule has 1 amide bonds. The third-order valence-electron chi connectivity index (χ3n) is 8.67. The molecule has 48 heavy (non-hydrogen) atoms. The molecule has 0 aliphatic carbocycles. The summed E-state index contributed by atoms with van der Waals surface area (Å²) in [7, 11) is 0. The number of epoxide rings is 2. The van der Waals surface area contributed by atoms with Crippen molar-refractivity contribution < 1.29 is 33.3 Å². The van der Waals surface area contributed by atoms with Gasteiger partial charge in [-0.3, -0.25) is 4.79 Å². The Kier molecular flexibility index (Phi) is 9.54. The molecule has 2 aliphatic heterocycles. The van der Waals surface area contributed by atoms with Gasteiger partial charge in [-0.25, -0.2) is 4.79 Å². The molecule has 0 bridgehead atoms. The van der Waals surface area contributed by atoms with Crippen LogP contribution in [0, 0.1) is 0 Å². The molecule has 5 aromatic rings. The van der Waals surface area contributed by atoms with Gasteiger partial charge in [0, 0.05) is 30.6 Å². The molecule has 2 fully saturated rings. The maximum Gasteiger partial charge on any atom is 0.343 e. The van der Waals surface area contributed by atoms with Gasteiger partial charge in [-0.15, -0.1) is 0 Å². The third kappa shape index (κ3) is 7.95. The van der Waals surface area contributed by atoms with Gasteiger partial charge in [0.25, 0.3) is 5.91 Å². The monoisotopic (exact) mass is 645 g/mol. The minimum Gasteiger partial charge on any atom is -0.493 e. The van der Waals surface area contributed by atoms with Gasteiger partial charge in [0.2, 0.25) is 0 Å². The average Bonchev–Trinajstić information content (AvgIpc) is 4.06. The topological polar surface area (TPSA) is 90.1 Å². The molecule has 7 rings (SSSR count). The molecule has 0 aromatic heterocycles. The quantitative estimate of drug-likeness (QED) is 0.0648. The molecule has 2 aliphatic rings. The number of rotatable bonds is 15. The molecular weight excluding hydrogens is 606 g/mol. The van der Waals surface area contributed by atoms with Gasteiger partial charge < -0.3 is 28.6 Å². The molecule has 0 radical (unpaired) electrons. The summed E-state index contributed by atoms with van der Waals surface area (Å²) in [6.07, 6.45) is 4.25. The van der Waals surface area contributed by atoms with Crippen molar-refractivity contribution in [3.05, 3.63) is 108 Å². The summed E-state index contributed by atoms with van der Waals surface area (Å²) in [5.41, 5.74) is 1.80. The van der Waals surface area contributed by atoms with E-state index in [0.717, 1.165) is 77.6 Å². The number of hydrogen-bond acceptors (Lipinski definition) is 7.